The number of imidazole rings is 1. The minimum absolute atomic E-state index is 0.140. The number of halogens is 1. The molecule has 1 unspecified atom stereocenters. The molecule has 2 heterocycles. The Kier molecular flexibility index (Phi) is 3.25. The van der Waals surface area contributed by atoms with E-state index in [1.807, 2.05) is 24.3 Å². The SMILES string of the molecule is COc1ccc(C(N)c2nc(Cl)nc3[nH]cnc23)cc1. The topological polar surface area (TPSA) is 89.7 Å². The summed E-state index contributed by atoms with van der Waals surface area (Å²) in [4.78, 5) is 15.4. The summed E-state index contributed by atoms with van der Waals surface area (Å²) in [6, 6.07) is 7.03. The van der Waals surface area contributed by atoms with Gasteiger partial charge < -0.3 is 15.5 Å². The molecule has 0 aliphatic heterocycles. The van der Waals surface area contributed by atoms with E-state index in [-0.39, 0.29) is 5.28 Å². The largest absolute Gasteiger partial charge is 0.497 e. The first kappa shape index (κ1) is 12.8. The molecule has 0 aliphatic carbocycles. The molecule has 0 saturated heterocycles. The van der Waals surface area contributed by atoms with Crippen LogP contribution in [0.15, 0.2) is 30.6 Å². The van der Waals surface area contributed by atoms with Gasteiger partial charge in [0.1, 0.15) is 11.3 Å². The lowest BCUT2D eigenvalue weighted by molar-refractivity contribution is 0.414. The van der Waals surface area contributed by atoms with E-state index < -0.39 is 6.04 Å². The maximum Gasteiger partial charge on any atom is 0.224 e. The van der Waals surface area contributed by atoms with Gasteiger partial charge in [-0.25, -0.2) is 9.97 Å². The van der Waals surface area contributed by atoms with Gasteiger partial charge in [0.2, 0.25) is 5.28 Å². The van der Waals surface area contributed by atoms with Crippen molar-refractivity contribution in [2.24, 2.45) is 5.73 Å². The average Bonchev–Trinajstić information content (AvgIpc) is 2.94. The van der Waals surface area contributed by atoms with E-state index in [9.17, 15) is 0 Å². The second-order valence-electron chi connectivity index (χ2n) is 4.23. The number of nitrogens with two attached hydrogens (primary N) is 1. The molecule has 1 atom stereocenters. The number of H-pyrrole nitrogens is 1. The molecule has 0 fully saturated rings. The highest BCUT2D eigenvalue weighted by Gasteiger charge is 2.17. The first-order valence-corrected chi connectivity index (χ1v) is 6.33. The molecule has 3 rings (SSSR count). The van der Waals surface area contributed by atoms with Crippen LogP contribution in [0.5, 0.6) is 5.75 Å². The molecule has 0 bridgehead atoms. The molecule has 20 heavy (non-hydrogen) atoms. The fraction of sp³-hybridized carbons (Fsp3) is 0.154. The highest BCUT2D eigenvalue weighted by Crippen LogP contribution is 2.25. The van der Waals surface area contributed by atoms with E-state index in [0.29, 0.717) is 16.9 Å². The molecule has 0 saturated carbocycles. The Balaban J connectivity index is 2.06. The fourth-order valence-electron chi connectivity index (χ4n) is 2.02. The van der Waals surface area contributed by atoms with Crippen molar-refractivity contribution < 1.29 is 4.74 Å². The van der Waals surface area contributed by atoms with Gasteiger partial charge in [-0.15, -0.1) is 0 Å². The third-order valence-corrected chi connectivity index (χ3v) is 3.22. The van der Waals surface area contributed by atoms with E-state index in [0.717, 1.165) is 11.3 Å². The Morgan fingerprint density at radius 3 is 2.70 bits per heavy atom. The lowest BCUT2D eigenvalue weighted by Gasteiger charge is -2.12. The van der Waals surface area contributed by atoms with Crippen molar-refractivity contribution in [3.8, 4) is 5.75 Å². The van der Waals surface area contributed by atoms with Crippen LogP contribution in [0.25, 0.3) is 11.2 Å². The van der Waals surface area contributed by atoms with Crippen molar-refractivity contribution in [1.82, 2.24) is 19.9 Å². The van der Waals surface area contributed by atoms with Gasteiger partial charge in [-0.2, -0.15) is 4.98 Å². The van der Waals surface area contributed by atoms with Crippen LogP contribution in [0, 0.1) is 0 Å². The van der Waals surface area contributed by atoms with E-state index in [4.69, 9.17) is 22.1 Å². The molecule has 0 radical (unpaired) electrons. The third kappa shape index (κ3) is 2.19. The third-order valence-electron chi connectivity index (χ3n) is 3.05. The Morgan fingerprint density at radius 2 is 2.00 bits per heavy atom. The molecule has 3 N–H and O–H groups in total. The van der Waals surface area contributed by atoms with Crippen LogP contribution in [-0.4, -0.2) is 27.0 Å². The van der Waals surface area contributed by atoms with Gasteiger partial charge in [0, 0.05) is 0 Å². The first-order chi connectivity index (χ1) is 9.69. The van der Waals surface area contributed by atoms with E-state index in [1.54, 1.807) is 13.4 Å². The summed E-state index contributed by atoms with van der Waals surface area (Å²) in [5.41, 5.74) is 8.94. The lowest BCUT2D eigenvalue weighted by Crippen LogP contribution is -2.14. The standard InChI is InChI=1S/C13H12ClN5O/c1-20-8-4-2-7(3-5-8)9(15)10-11-12(17-6-16-11)19-13(14)18-10/h2-6,9H,15H2,1H3,(H,16,17,18,19). The van der Waals surface area contributed by atoms with Gasteiger partial charge in [-0.05, 0) is 29.3 Å². The average molecular weight is 290 g/mol. The monoisotopic (exact) mass is 289 g/mol. The number of fused-ring (bicyclic) bond motifs is 1. The van der Waals surface area contributed by atoms with E-state index in [2.05, 4.69) is 19.9 Å². The Bertz CT molecular complexity index is 740. The van der Waals surface area contributed by atoms with E-state index in [1.165, 1.54) is 0 Å². The van der Waals surface area contributed by atoms with Crippen LogP contribution < -0.4 is 10.5 Å². The van der Waals surface area contributed by atoms with Crippen molar-refractivity contribution in [1.29, 1.82) is 0 Å². The van der Waals surface area contributed by atoms with Crippen LogP contribution in [0.4, 0.5) is 0 Å². The van der Waals surface area contributed by atoms with Crippen LogP contribution >= 0.6 is 11.6 Å². The quantitative estimate of drug-likeness (QED) is 0.720. The zero-order valence-electron chi connectivity index (χ0n) is 10.7. The first-order valence-electron chi connectivity index (χ1n) is 5.95. The summed E-state index contributed by atoms with van der Waals surface area (Å²) >= 11 is 5.91. The number of aromatic amines is 1. The number of aromatic nitrogens is 4. The highest BCUT2D eigenvalue weighted by molar-refractivity contribution is 6.28. The Morgan fingerprint density at radius 1 is 1.25 bits per heavy atom. The number of nitrogens with zero attached hydrogens (tertiary/aromatic N) is 3. The number of nitrogens with one attached hydrogen (secondary N) is 1. The minimum Gasteiger partial charge on any atom is -0.497 e. The molecule has 1 aromatic carbocycles. The molecule has 0 amide bonds. The maximum atomic E-state index is 6.26. The highest BCUT2D eigenvalue weighted by atomic mass is 35.5. The van der Waals surface area contributed by atoms with Crippen molar-refractivity contribution in [3.63, 3.8) is 0 Å². The predicted octanol–water partition coefficient (Wildman–Crippen LogP) is 2.06. The normalized spacial score (nSPS) is 12.6. The van der Waals surface area contributed by atoms with Crippen molar-refractivity contribution in [3.05, 3.63) is 47.1 Å². The van der Waals surface area contributed by atoms with Crippen LogP contribution in [-0.2, 0) is 0 Å². The smallest absolute Gasteiger partial charge is 0.224 e. The van der Waals surface area contributed by atoms with Crippen molar-refractivity contribution >= 4 is 22.8 Å². The molecular weight excluding hydrogens is 278 g/mol. The summed E-state index contributed by atoms with van der Waals surface area (Å²) < 4.78 is 5.13. The maximum absolute atomic E-state index is 6.26. The summed E-state index contributed by atoms with van der Waals surface area (Å²) in [5, 5.41) is 0.140. The molecule has 6 nitrogen and oxygen atoms in total. The molecular formula is C13H12ClN5O. The van der Waals surface area contributed by atoms with Gasteiger partial charge >= 0.3 is 0 Å². The molecule has 0 aliphatic rings. The van der Waals surface area contributed by atoms with Crippen LogP contribution in [0.3, 0.4) is 0 Å². The van der Waals surface area contributed by atoms with Crippen LogP contribution in [0.1, 0.15) is 17.3 Å². The number of hydrogen-bond acceptors (Lipinski definition) is 5. The fourth-order valence-corrected chi connectivity index (χ4v) is 2.19. The molecule has 0 spiro atoms. The predicted molar refractivity (Wildman–Crippen MR) is 75.7 cm³/mol. The number of methoxy groups -OCH3 is 1. The van der Waals surface area contributed by atoms with Gasteiger partial charge in [0.05, 0.1) is 25.2 Å². The molecule has 102 valence electrons. The van der Waals surface area contributed by atoms with E-state index >= 15 is 0 Å². The Labute approximate surface area is 120 Å². The summed E-state index contributed by atoms with van der Waals surface area (Å²) in [7, 11) is 1.62. The van der Waals surface area contributed by atoms with Gasteiger partial charge in [-0.1, -0.05) is 12.1 Å². The van der Waals surface area contributed by atoms with Crippen molar-refractivity contribution in [2.75, 3.05) is 7.11 Å². The van der Waals surface area contributed by atoms with Crippen molar-refractivity contribution in [2.45, 2.75) is 6.04 Å². The number of rotatable bonds is 3. The van der Waals surface area contributed by atoms with Gasteiger partial charge in [-0.3, -0.25) is 0 Å². The number of ether oxygens (including phenoxy) is 1. The number of hydrogen-bond donors (Lipinski definition) is 2. The van der Waals surface area contributed by atoms with Gasteiger partial charge in [0.25, 0.3) is 0 Å². The second kappa shape index (κ2) is 5.07. The molecule has 7 heteroatoms. The summed E-state index contributed by atoms with van der Waals surface area (Å²) in [6.45, 7) is 0. The summed E-state index contributed by atoms with van der Waals surface area (Å²) in [5.74, 6) is 0.770. The minimum atomic E-state index is -0.438. The molecule has 3 aromatic rings. The zero-order chi connectivity index (χ0) is 14.1. The zero-order valence-corrected chi connectivity index (χ0v) is 11.4. The summed E-state index contributed by atoms with van der Waals surface area (Å²) in [6.07, 6.45) is 1.54. The molecule has 2 aromatic heterocycles. The van der Waals surface area contributed by atoms with Gasteiger partial charge in [0.15, 0.2) is 5.65 Å². The Hall–Kier alpha value is -2.18. The number of benzene rings is 1. The van der Waals surface area contributed by atoms with Crippen LogP contribution in [0.2, 0.25) is 5.28 Å². The second-order valence-corrected chi connectivity index (χ2v) is 4.57. The lowest BCUT2D eigenvalue weighted by atomic mass is 10.0.